The summed E-state index contributed by atoms with van der Waals surface area (Å²) in [6.07, 6.45) is 2.77. The number of rotatable bonds is 6. The van der Waals surface area contributed by atoms with Crippen LogP contribution in [-0.4, -0.2) is 31.8 Å². The molecule has 0 fully saturated rings. The van der Waals surface area contributed by atoms with Crippen LogP contribution in [0.15, 0.2) is 59.7 Å². The zero-order chi connectivity index (χ0) is 19.5. The Bertz CT molecular complexity index is 1210. The van der Waals surface area contributed by atoms with Crippen LogP contribution in [0.1, 0.15) is 12.1 Å². The topological polar surface area (TPSA) is 81.8 Å². The van der Waals surface area contributed by atoms with E-state index in [-0.39, 0.29) is 17.9 Å². The third kappa shape index (κ3) is 3.51. The highest BCUT2D eigenvalue weighted by Gasteiger charge is 2.12. The van der Waals surface area contributed by atoms with Gasteiger partial charge in [-0.15, -0.1) is 0 Å². The van der Waals surface area contributed by atoms with Crippen molar-refractivity contribution in [3.05, 3.63) is 70.9 Å². The highest BCUT2D eigenvalue weighted by molar-refractivity contribution is 5.88. The van der Waals surface area contributed by atoms with Gasteiger partial charge in [-0.1, -0.05) is 30.3 Å². The molecule has 0 atom stereocenters. The SMILES string of the molecule is Cn1nc(CC(=O)NCCCn2cnc3ccccc32)c2ccccc2c1=O. The van der Waals surface area contributed by atoms with Crippen molar-refractivity contribution in [2.45, 2.75) is 19.4 Å². The number of benzene rings is 2. The summed E-state index contributed by atoms with van der Waals surface area (Å²) in [5.41, 5.74) is 2.51. The molecule has 0 aliphatic rings. The van der Waals surface area contributed by atoms with Gasteiger partial charge in [-0.2, -0.15) is 5.10 Å². The lowest BCUT2D eigenvalue weighted by Gasteiger charge is -2.09. The maximum Gasteiger partial charge on any atom is 0.274 e. The quantitative estimate of drug-likeness (QED) is 0.523. The van der Waals surface area contributed by atoms with Crippen LogP contribution in [0.3, 0.4) is 0 Å². The molecular weight excluding hydrogens is 354 g/mol. The van der Waals surface area contributed by atoms with E-state index in [9.17, 15) is 9.59 Å². The van der Waals surface area contributed by atoms with E-state index < -0.39 is 0 Å². The van der Waals surface area contributed by atoms with Gasteiger partial charge in [0.15, 0.2) is 0 Å². The second kappa shape index (κ2) is 7.64. The van der Waals surface area contributed by atoms with Gasteiger partial charge in [0.2, 0.25) is 5.91 Å². The summed E-state index contributed by atoms with van der Waals surface area (Å²) in [5, 5.41) is 8.52. The van der Waals surface area contributed by atoms with Crippen molar-refractivity contribution in [1.82, 2.24) is 24.6 Å². The van der Waals surface area contributed by atoms with Crippen molar-refractivity contribution in [1.29, 1.82) is 0 Å². The van der Waals surface area contributed by atoms with E-state index in [4.69, 9.17) is 0 Å². The van der Waals surface area contributed by atoms with Crippen LogP contribution < -0.4 is 10.9 Å². The number of aryl methyl sites for hydroxylation is 2. The molecule has 0 saturated heterocycles. The van der Waals surface area contributed by atoms with E-state index in [1.807, 2.05) is 48.8 Å². The molecule has 2 heterocycles. The highest BCUT2D eigenvalue weighted by atomic mass is 16.1. The molecule has 0 aliphatic carbocycles. The van der Waals surface area contributed by atoms with Gasteiger partial charge in [0.1, 0.15) is 0 Å². The number of carbonyl (C=O) groups is 1. The zero-order valence-corrected chi connectivity index (χ0v) is 15.6. The minimum absolute atomic E-state index is 0.105. The van der Waals surface area contributed by atoms with E-state index in [1.54, 1.807) is 13.1 Å². The summed E-state index contributed by atoms with van der Waals surface area (Å²) in [6, 6.07) is 15.2. The summed E-state index contributed by atoms with van der Waals surface area (Å²) < 4.78 is 3.37. The summed E-state index contributed by atoms with van der Waals surface area (Å²) in [6.45, 7) is 1.34. The molecule has 28 heavy (non-hydrogen) atoms. The Morgan fingerprint density at radius 3 is 2.68 bits per heavy atom. The van der Waals surface area contributed by atoms with Gasteiger partial charge < -0.3 is 9.88 Å². The number of nitrogens with zero attached hydrogens (tertiary/aromatic N) is 4. The van der Waals surface area contributed by atoms with E-state index in [1.165, 1.54) is 4.68 Å². The molecule has 4 aromatic rings. The van der Waals surface area contributed by atoms with Crippen molar-refractivity contribution >= 4 is 27.7 Å². The zero-order valence-electron chi connectivity index (χ0n) is 15.6. The predicted octanol–water partition coefficient (Wildman–Crippen LogP) is 2.03. The van der Waals surface area contributed by atoms with Crippen LogP contribution in [0.2, 0.25) is 0 Å². The molecule has 142 valence electrons. The molecule has 2 aromatic heterocycles. The average molecular weight is 375 g/mol. The van der Waals surface area contributed by atoms with Crippen molar-refractivity contribution in [2.75, 3.05) is 6.54 Å². The molecule has 0 unspecified atom stereocenters. The maximum absolute atomic E-state index is 12.4. The molecule has 1 amide bonds. The summed E-state index contributed by atoms with van der Waals surface area (Å²) in [4.78, 5) is 28.9. The molecule has 4 rings (SSSR count). The van der Waals surface area contributed by atoms with Crippen LogP contribution in [0.4, 0.5) is 0 Å². The molecule has 0 radical (unpaired) electrons. The first-order valence-electron chi connectivity index (χ1n) is 9.25. The molecule has 7 nitrogen and oxygen atoms in total. The predicted molar refractivity (Wildman–Crippen MR) is 108 cm³/mol. The van der Waals surface area contributed by atoms with Crippen molar-refractivity contribution in [3.8, 4) is 0 Å². The first kappa shape index (κ1) is 17.9. The molecule has 0 spiro atoms. The van der Waals surface area contributed by atoms with Crippen LogP contribution in [-0.2, 0) is 24.8 Å². The number of hydrogen-bond acceptors (Lipinski definition) is 4. The largest absolute Gasteiger partial charge is 0.356 e. The number of carbonyl (C=O) groups excluding carboxylic acids is 1. The van der Waals surface area contributed by atoms with Crippen molar-refractivity contribution in [2.24, 2.45) is 7.05 Å². The molecule has 1 N–H and O–H groups in total. The van der Waals surface area contributed by atoms with E-state index >= 15 is 0 Å². The molecule has 0 bridgehead atoms. The Hall–Kier alpha value is -3.48. The van der Waals surface area contributed by atoms with Gasteiger partial charge >= 0.3 is 0 Å². The highest BCUT2D eigenvalue weighted by Crippen LogP contribution is 2.14. The number of fused-ring (bicyclic) bond motifs is 2. The lowest BCUT2D eigenvalue weighted by molar-refractivity contribution is -0.120. The third-order valence-electron chi connectivity index (χ3n) is 4.79. The molecule has 2 aromatic carbocycles. The fraction of sp³-hybridized carbons (Fsp3) is 0.238. The number of imidazole rings is 1. The maximum atomic E-state index is 12.4. The number of para-hydroxylation sites is 2. The minimum Gasteiger partial charge on any atom is -0.356 e. The Labute approximate surface area is 161 Å². The smallest absolute Gasteiger partial charge is 0.274 e. The minimum atomic E-state index is -0.160. The summed E-state index contributed by atoms with van der Waals surface area (Å²) in [7, 11) is 1.60. The Morgan fingerprint density at radius 1 is 1.07 bits per heavy atom. The first-order valence-corrected chi connectivity index (χ1v) is 9.25. The van der Waals surface area contributed by atoms with Crippen LogP contribution in [0.25, 0.3) is 21.8 Å². The van der Waals surface area contributed by atoms with Crippen molar-refractivity contribution < 1.29 is 4.79 Å². The summed E-state index contributed by atoms with van der Waals surface area (Å²) in [5.74, 6) is -0.105. The fourth-order valence-electron chi connectivity index (χ4n) is 3.39. The second-order valence-corrected chi connectivity index (χ2v) is 6.73. The normalized spacial score (nSPS) is 11.2. The third-order valence-corrected chi connectivity index (χ3v) is 4.79. The van der Waals surface area contributed by atoms with Crippen LogP contribution in [0, 0.1) is 0 Å². The molecule has 0 saturated carbocycles. The molecule has 0 aliphatic heterocycles. The number of aromatic nitrogens is 4. The van der Waals surface area contributed by atoms with E-state index in [0.717, 1.165) is 29.4 Å². The van der Waals surface area contributed by atoms with E-state index in [2.05, 4.69) is 20.0 Å². The molecular formula is C21H21N5O2. The number of amides is 1. The van der Waals surface area contributed by atoms with E-state index in [0.29, 0.717) is 17.6 Å². The van der Waals surface area contributed by atoms with Gasteiger partial charge in [0.25, 0.3) is 5.56 Å². The number of nitrogens with one attached hydrogen (secondary N) is 1. The Morgan fingerprint density at radius 2 is 1.82 bits per heavy atom. The monoisotopic (exact) mass is 375 g/mol. The van der Waals surface area contributed by atoms with Crippen LogP contribution >= 0.6 is 0 Å². The Balaban J connectivity index is 1.37. The Kier molecular flexibility index (Phi) is 4.89. The summed E-state index contributed by atoms with van der Waals surface area (Å²) >= 11 is 0. The van der Waals surface area contributed by atoms with Crippen molar-refractivity contribution in [3.63, 3.8) is 0 Å². The van der Waals surface area contributed by atoms with Gasteiger partial charge in [0, 0.05) is 25.5 Å². The van der Waals surface area contributed by atoms with Gasteiger partial charge in [0.05, 0.1) is 34.9 Å². The van der Waals surface area contributed by atoms with Gasteiger partial charge in [-0.05, 0) is 24.6 Å². The molecule has 7 heteroatoms. The van der Waals surface area contributed by atoms with Crippen LogP contribution in [0.5, 0.6) is 0 Å². The second-order valence-electron chi connectivity index (χ2n) is 6.73. The average Bonchev–Trinajstić information content (AvgIpc) is 3.12. The number of hydrogen-bond donors (Lipinski definition) is 1. The first-order chi connectivity index (χ1) is 13.6. The standard InChI is InChI=1S/C21H21N5O2/c1-25-21(28)16-8-3-2-7-15(16)18(24-25)13-20(27)22-11-6-12-26-14-23-17-9-4-5-10-19(17)26/h2-5,7-10,14H,6,11-13H2,1H3,(H,22,27). The lowest BCUT2D eigenvalue weighted by Crippen LogP contribution is -2.29. The van der Waals surface area contributed by atoms with Gasteiger partial charge in [-0.25, -0.2) is 9.67 Å². The lowest BCUT2D eigenvalue weighted by atomic mass is 10.1. The fourth-order valence-corrected chi connectivity index (χ4v) is 3.39. The van der Waals surface area contributed by atoms with Gasteiger partial charge in [-0.3, -0.25) is 9.59 Å².